The van der Waals surface area contributed by atoms with Crippen molar-refractivity contribution in [3.8, 4) is 11.4 Å². The molecule has 0 unspecified atom stereocenters. The Bertz CT molecular complexity index is 634. The number of hydrogen-bond acceptors (Lipinski definition) is 5. The highest BCUT2D eigenvalue weighted by Crippen LogP contribution is 2.36. The summed E-state index contributed by atoms with van der Waals surface area (Å²) in [4.78, 5) is 11.8. The first-order valence-corrected chi connectivity index (χ1v) is 7.10. The molecule has 1 aliphatic carbocycles. The van der Waals surface area contributed by atoms with Gasteiger partial charge in [-0.05, 0) is 42.4 Å². The number of amides is 1. The molecule has 0 radical (unpaired) electrons. The van der Waals surface area contributed by atoms with E-state index in [2.05, 4.69) is 26.2 Å². The highest BCUT2D eigenvalue weighted by atomic mass is 16.1. The van der Waals surface area contributed by atoms with E-state index in [1.165, 1.54) is 0 Å². The maximum absolute atomic E-state index is 11.8. The summed E-state index contributed by atoms with van der Waals surface area (Å²) < 4.78 is 1.86. The Labute approximate surface area is 122 Å². The van der Waals surface area contributed by atoms with E-state index >= 15 is 0 Å². The Morgan fingerprint density at radius 1 is 1.43 bits per heavy atom. The fourth-order valence-corrected chi connectivity index (χ4v) is 2.15. The van der Waals surface area contributed by atoms with Crippen LogP contribution in [0.1, 0.15) is 25.3 Å². The zero-order valence-corrected chi connectivity index (χ0v) is 11.9. The van der Waals surface area contributed by atoms with E-state index in [0.29, 0.717) is 19.0 Å². The van der Waals surface area contributed by atoms with Crippen LogP contribution in [0.3, 0.4) is 0 Å². The van der Waals surface area contributed by atoms with Crippen LogP contribution in [0.4, 0.5) is 5.69 Å². The molecule has 1 aromatic heterocycles. The second-order valence-electron chi connectivity index (χ2n) is 5.16. The minimum absolute atomic E-state index is 0.0108. The summed E-state index contributed by atoms with van der Waals surface area (Å²) in [5.41, 5.74) is 1.68. The topological polar surface area (TPSA) is 84.7 Å². The van der Waals surface area contributed by atoms with Gasteiger partial charge in [-0.1, -0.05) is 12.1 Å². The lowest BCUT2D eigenvalue weighted by Crippen LogP contribution is -2.18. The van der Waals surface area contributed by atoms with Gasteiger partial charge >= 0.3 is 0 Å². The lowest BCUT2D eigenvalue weighted by atomic mass is 10.2. The quantitative estimate of drug-likeness (QED) is 0.834. The van der Waals surface area contributed by atoms with E-state index in [-0.39, 0.29) is 5.91 Å². The third-order valence-electron chi connectivity index (χ3n) is 3.39. The lowest BCUT2D eigenvalue weighted by Gasteiger charge is -2.07. The molecule has 2 N–H and O–H groups in total. The molecule has 21 heavy (non-hydrogen) atoms. The molecule has 7 nitrogen and oxygen atoms in total. The number of nitrogens with one attached hydrogen (secondary N) is 2. The van der Waals surface area contributed by atoms with Crippen LogP contribution < -0.4 is 10.6 Å². The van der Waals surface area contributed by atoms with Crippen LogP contribution in [0.25, 0.3) is 11.4 Å². The zero-order chi connectivity index (χ0) is 14.7. The van der Waals surface area contributed by atoms with E-state index < -0.39 is 0 Å². The van der Waals surface area contributed by atoms with Gasteiger partial charge in [-0.15, -0.1) is 5.10 Å². The number of nitrogens with zero attached hydrogens (tertiary/aromatic N) is 4. The summed E-state index contributed by atoms with van der Waals surface area (Å²) >= 11 is 0. The number of carbonyl (C=O) groups is 1. The predicted octanol–water partition coefficient (Wildman–Crippen LogP) is 1.22. The monoisotopic (exact) mass is 286 g/mol. The fourth-order valence-electron chi connectivity index (χ4n) is 2.15. The van der Waals surface area contributed by atoms with Crippen LogP contribution in [0, 0.1) is 0 Å². The van der Waals surface area contributed by atoms with Crippen molar-refractivity contribution >= 4 is 11.6 Å². The van der Waals surface area contributed by atoms with E-state index in [9.17, 15) is 4.79 Å². The van der Waals surface area contributed by atoms with Gasteiger partial charge in [-0.25, -0.2) is 4.68 Å². The lowest BCUT2D eigenvalue weighted by molar-refractivity contribution is -0.116. The Kier molecular flexibility index (Phi) is 3.92. The van der Waals surface area contributed by atoms with Crippen molar-refractivity contribution in [2.45, 2.75) is 25.3 Å². The minimum Gasteiger partial charge on any atom is -0.326 e. The molecule has 0 bridgehead atoms. The van der Waals surface area contributed by atoms with Crippen molar-refractivity contribution in [3.63, 3.8) is 0 Å². The molecule has 1 aromatic carbocycles. The van der Waals surface area contributed by atoms with Crippen molar-refractivity contribution in [2.24, 2.45) is 0 Å². The smallest absolute Gasteiger partial charge is 0.225 e. The Balaban J connectivity index is 1.76. The molecule has 110 valence electrons. The first kappa shape index (κ1) is 13.7. The second-order valence-corrected chi connectivity index (χ2v) is 5.16. The number of rotatable bonds is 6. The van der Waals surface area contributed by atoms with E-state index in [4.69, 9.17) is 0 Å². The molecule has 1 saturated carbocycles. The van der Waals surface area contributed by atoms with Gasteiger partial charge in [0.25, 0.3) is 0 Å². The Hall–Kier alpha value is -2.28. The molecule has 1 amide bonds. The van der Waals surface area contributed by atoms with Gasteiger partial charge in [-0.3, -0.25) is 4.79 Å². The van der Waals surface area contributed by atoms with Gasteiger partial charge in [0.1, 0.15) is 0 Å². The summed E-state index contributed by atoms with van der Waals surface area (Å²) in [7, 11) is 1.83. The van der Waals surface area contributed by atoms with Gasteiger partial charge in [0.15, 0.2) is 5.82 Å². The number of anilines is 1. The summed E-state index contributed by atoms with van der Waals surface area (Å²) in [6.45, 7) is 0.658. The normalized spacial score (nSPS) is 14.1. The maximum atomic E-state index is 11.8. The van der Waals surface area contributed by atoms with Crippen LogP contribution in [0.5, 0.6) is 0 Å². The van der Waals surface area contributed by atoms with Crippen molar-refractivity contribution in [1.29, 1.82) is 0 Å². The molecule has 0 spiro atoms. The largest absolute Gasteiger partial charge is 0.326 e. The third-order valence-corrected chi connectivity index (χ3v) is 3.39. The molecule has 0 atom stereocenters. The Morgan fingerprint density at radius 3 is 3.05 bits per heavy atom. The second kappa shape index (κ2) is 6.01. The van der Waals surface area contributed by atoms with Crippen molar-refractivity contribution in [2.75, 3.05) is 18.9 Å². The highest BCUT2D eigenvalue weighted by Gasteiger charge is 2.28. The zero-order valence-electron chi connectivity index (χ0n) is 11.9. The molecule has 1 heterocycles. The molecule has 1 aliphatic rings. The molecular formula is C14H18N6O. The minimum atomic E-state index is -0.0108. The SMILES string of the molecule is CNCCC(=O)Nc1cccc(-c2nnnn2C2CC2)c1. The van der Waals surface area contributed by atoms with Crippen molar-refractivity contribution < 1.29 is 4.79 Å². The molecule has 0 saturated heterocycles. The summed E-state index contributed by atoms with van der Waals surface area (Å²) in [5.74, 6) is 0.743. The van der Waals surface area contributed by atoms with Crippen LogP contribution in [0.2, 0.25) is 0 Å². The average Bonchev–Trinajstić information content (AvgIpc) is 3.22. The van der Waals surface area contributed by atoms with Crippen LogP contribution in [-0.2, 0) is 4.79 Å². The van der Waals surface area contributed by atoms with Gasteiger partial charge < -0.3 is 10.6 Å². The van der Waals surface area contributed by atoms with Crippen molar-refractivity contribution in [3.05, 3.63) is 24.3 Å². The number of hydrogen-bond donors (Lipinski definition) is 2. The number of benzene rings is 1. The molecule has 0 aliphatic heterocycles. The number of tetrazole rings is 1. The summed E-state index contributed by atoms with van der Waals surface area (Å²) in [6, 6.07) is 8.04. The van der Waals surface area contributed by atoms with Crippen LogP contribution in [0.15, 0.2) is 24.3 Å². The average molecular weight is 286 g/mol. The highest BCUT2D eigenvalue weighted by molar-refractivity contribution is 5.91. The number of aromatic nitrogens is 4. The van der Waals surface area contributed by atoms with Crippen molar-refractivity contribution in [1.82, 2.24) is 25.5 Å². The van der Waals surface area contributed by atoms with E-state index in [0.717, 1.165) is 29.9 Å². The fraction of sp³-hybridized carbons (Fsp3) is 0.429. The van der Waals surface area contributed by atoms with E-state index in [1.54, 1.807) is 0 Å². The van der Waals surface area contributed by atoms with Gasteiger partial charge in [0.2, 0.25) is 5.91 Å². The molecule has 3 rings (SSSR count). The van der Waals surface area contributed by atoms with E-state index in [1.807, 2.05) is 36.0 Å². The molecular weight excluding hydrogens is 268 g/mol. The summed E-state index contributed by atoms with van der Waals surface area (Å²) in [6.07, 6.45) is 2.69. The van der Waals surface area contributed by atoms with Gasteiger partial charge in [0, 0.05) is 24.2 Å². The van der Waals surface area contributed by atoms with Gasteiger partial charge in [-0.2, -0.15) is 0 Å². The third kappa shape index (κ3) is 3.25. The Morgan fingerprint density at radius 2 is 2.29 bits per heavy atom. The standard InChI is InChI=1S/C14H18N6O/c1-15-8-7-13(21)16-11-4-2-3-10(9-11)14-17-18-19-20(14)12-5-6-12/h2-4,9,12,15H,5-8H2,1H3,(H,16,21). The summed E-state index contributed by atoms with van der Waals surface area (Å²) in [5, 5.41) is 17.7. The first-order chi connectivity index (χ1) is 10.3. The van der Waals surface area contributed by atoms with Gasteiger partial charge in [0.05, 0.1) is 6.04 Å². The number of carbonyl (C=O) groups excluding carboxylic acids is 1. The maximum Gasteiger partial charge on any atom is 0.225 e. The molecule has 2 aromatic rings. The first-order valence-electron chi connectivity index (χ1n) is 7.10. The molecule has 1 fully saturated rings. The molecule has 7 heteroatoms. The van der Waals surface area contributed by atoms with Crippen LogP contribution in [-0.4, -0.2) is 39.7 Å². The predicted molar refractivity (Wildman–Crippen MR) is 78.7 cm³/mol. The van der Waals surface area contributed by atoms with Crippen LogP contribution >= 0.6 is 0 Å².